The quantitative estimate of drug-likeness (QED) is 0.135. The van der Waals surface area contributed by atoms with Gasteiger partial charge in [-0.25, -0.2) is 0 Å². The predicted octanol–water partition coefficient (Wildman–Crippen LogP) is 5.67. The summed E-state index contributed by atoms with van der Waals surface area (Å²) in [6.07, 6.45) is 2.23. The van der Waals surface area contributed by atoms with Gasteiger partial charge in [0.15, 0.2) is 0 Å². The Morgan fingerprint density at radius 2 is 1.55 bits per heavy atom. The van der Waals surface area contributed by atoms with Gasteiger partial charge in [-0.2, -0.15) is 0 Å². The van der Waals surface area contributed by atoms with Crippen LogP contribution < -0.4 is 8.96 Å². The molecule has 0 saturated carbocycles. The Hall–Kier alpha value is -2.59. The van der Waals surface area contributed by atoms with E-state index in [1.54, 1.807) is 4.40 Å². The second-order valence-corrected chi connectivity index (χ2v) is 20.0. The fourth-order valence-electron chi connectivity index (χ4n) is 5.29. The number of hydrogen-bond acceptors (Lipinski definition) is 0. The summed E-state index contributed by atoms with van der Waals surface area (Å²) in [5.74, 6) is 7.51. The maximum atomic E-state index is 2.58. The van der Waals surface area contributed by atoms with Crippen molar-refractivity contribution in [2.75, 3.05) is 0 Å². The van der Waals surface area contributed by atoms with Crippen molar-refractivity contribution in [1.82, 2.24) is 4.40 Å². The number of aromatic nitrogens is 2. The maximum absolute atomic E-state index is 2.58. The molecule has 2 nitrogen and oxygen atoms in total. The number of hydrogen-bond donors (Lipinski definition) is 0. The molecule has 0 bridgehead atoms. The molecule has 0 fully saturated rings. The van der Waals surface area contributed by atoms with E-state index in [0.717, 1.165) is 0 Å². The van der Waals surface area contributed by atoms with E-state index in [1.807, 2.05) is 0 Å². The van der Waals surface area contributed by atoms with Crippen molar-refractivity contribution in [3.8, 4) is 0 Å². The van der Waals surface area contributed by atoms with E-state index >= 15 is 0 Å². The topological polar surface area (TPSA) is 8.29 Å². The molecular formula is C26H25GeN2+. The van der Waals surface area contributed by atoms with E-state index in [2.05, 4.69) is 101 Å². The molecule has 0 radical (unpaired) electrons. The number of fused-ring (bicyclic) bond motifs is 5. The molecular weight excluding hydrogens is 413 g/mol. The van der Waals surface area contributed by atoms with Crippen LogP contribution in [0.2, 0.25) is 17.3 Å². The third-order valence-corrected chi connectivity index (χ3v) is 10.8. The molecule has 29 heavy (non-hydrogen) atoms. The summed E-state index contributed by atoms with van der Waals surface area (Å²) in [4.78, 5) is 0. The van der Waals surface area contributed by atoms with Gasteiger partial charge < -0.3 is 0 Å². The van der Waals surface area contributed by atoms with Crippen LogP contribution in [0.5, 0.6) is 0 Å². The molecule has 0 amide bonds. The van der Waals surface area contributed by atoms with Gasteiger partial charge in [0, 0.05) is 0 Å². The van der Waals surface area contributed by atoms with E-state index < -0.39 is 13.3 Å². The fourth-order valence-corrected chi connectivity index (χ4v) is 8.55. The molecule has 0 aliphatic carbocycles. The molecule has 0 N–H and O–H groups in total. The monoisotopic (exact) mass is 439 g/mol. The van der Waals surface area contributed by atoms with Crippen molar-refractivity contribution < 1.29 is 4.57 Å². The van der Waals surface area contributed by atoms with Gasteiger partial charge in [0.1, 0.15) is 0 Å². The zero-order valence-corrected chi connectivity index (χ0v) is 19.8. The molecule has 142 valence electrons. The summed E-state index contributed by atoms with van der Waals surface area (Å²) < 4.78 is 6.48. The van der Waals surface area contributed by atoms with E-state index in [9.17, 15) is 0 Å². The first kappa shape index (κ1) is 17.3. The van der Waals surface area contributed by atoms with Crippen LogP contribution in [0, 0.1) is 6.92 Å². The van der Waals surface area contributed by atoms with Gasteiger partial charge in [-0.05, 0) is 0 Å². The van der Waals surface area contributed by atoms with Gasteiger partial charge in [0.05, 0.1) is 0 Å². The van der Waals surface area contributed by atoms with Crippen molar-refractivity contribution in [1.29, 1.82) is 0 Å². The SMILES string of the molecule is Cc1ccc2cccc3c2c1c1c2c(cc[n+]1C)c1ccc[c]([Ge]([CH3])([CH3])[CH3])c1n32. The number of nitrogens with zero attached hydrogens (tertiary/aromatic N) is 2. The summed E-state index contributed by atoms with van der Waals surface area (Å²) in [5, 5.41) is 6.86. The van der Waals surface area contributed by atoms with Crippen LogP contribution in [0.15, 0.2) is 60.8 Å². The van der Waals surface area contributed by atoms with Crippen molar-refractivity contribution in [3.05, 3.63) is 66.4 Å². The number of benzene rings is 3. The van der Waals surface area contributed by atoms with Crippen LogP contribution in [-0.2, 0) is 7.05 Å². The third kappa shape index (κ3) is 2.10. The van der Waals surface area contributed by atoms with Gasteiger partial charge in [-0.1, -0.05) is 0 Å². The Kier molecular flexibility index (Phi) is 3.29. The minimum absolute atomic E-state index is 1.32. The predicted molar refractivity (Wildman–Crippen MR) is 128 cm³/mol. The summed E-state index contributed by atoms with van der Waals surface area (Å²) in [6.45, 7) is 2.25. The van der Waals surface area contributed by atoms with Crippen molar-refractivity contribution in [2.24, 2.45) is 7.05 Å². The zero-order chi connectivity index (χ0) is 20.1. The van der Waals surface area contributed by atoms with Crippen LogP contribution in [0.4, 0.5) is 0 Å². The van der Waals surface area contributed by atoms with E-state index in [1.165, 1.54) is 54.6 Å². The summed E-state index contributed by atoms with van der Waals surface area (Å²) in [7, 11) is 2.19. The molecule has 3 heterocycles. The Balaban J connectivity index is 2.11. The Labute approximate surface area is 173 Å². The Morgan fingerprint density at radius 3 is 2.34 bits per heavy atom. The van der Waals surface area contributed by atoms with Crippen LogP contribution in [0.1, 0.15) is 5.56 Å². The van der Waals surface area contributed by atoms with Gasteiger partial charge in [-0.15, -0.1) is 0 Å². The molecule has 3 aromatic heterocycles. The first-order valence-corrected chi connectivity index (χ1v) is 17.7. The van der Waals surface area contributed by atoms with Crippen molar-refractivity contribution >= 4 is 66.7 Å². The average Bonchev–Trinajstić information content (AvgIpc) is 3.02. The third-order valence-electron chi connectivity index (χ3n) is 6.59. The molecule has 0 spiro atoms. The molecule has 0 aliphatic heterocycles. The molecule has 3 aromatic carbocycles. The summed E-state index contributed by atoms with van der Waals surface area (Å²) in [5.41, 5.74) is 6.81. The van der Waals surface area contributed by atoms with Crippen molar-refractivity contribution in [2.45, 2.75) is 24.2 Å². The fraction of sp³-hybridized carbons (Fsp3) is 0.192. The van der Waals surface area contributed by atoms with Crippen LogP contribution in [0.3, 0.4) is 0 Å². The normalized spacial score (nSPS) is 13.0. The van der Waals surface area contributed by atoms with Crippen LogP contribution in [0.25, 0.3) is 49.0 Å². The first-order chi connectivity index (χ1) is 13.9. The van der Waals surface area contributed by atoms with E-state index in [4.69, 9.17) is 0 Å². The van der Waals surface area contributed by atoms with Gasteiger partial charge in [0.25, 0.3) is 0 Å². The number of para-hydroxylation sites is 1. The molecule has 0 aliphatic rings. The number of aryl methyl sites for hydroxylation is 2. The van der Waals surface area contributed by atoms with Crippen LogP contribution >= 0.6 is 0 Å². The molecule has 3 heteroatoms. The number of pyridine rings is 2. The second kappa shape index (κ2) is 5.51. The molecule has 0 atom stereocenters. The second-order valence-electron chi connectivity index (χ2n) is 9.46. The Bertz CT molecular complexity index is 1600. The zero-order valence-electron chi connectivity index (χ0n) is 17.7. The molecule has 0 unspecified atom stereocenters. The van der Waals surface area contributed by atoms with Crippen LogP contribution in [-0.4, -0.2) is 17.7 Å². The summed E-state index contributed by atoms with van der Waals surface area (Å²) in [6, 6.07) is 20.6. The molecule has 6 rings (SSSR count). The minimum atomic E-state index is -2.09. The summed E-state index contributed by atoms with van der Waals surface area (Å²) >= 11 is -2.09. The van der Waals surface area contributed by atoms with E-state index in [0.29, 0.717) is 0 Å². The average molecular weight is 438 g/mol. The van der Waals surface area contributed by atoms with Crippen molar-refractivity contribution in [3.63, 3.8) is 0 Å². The molecule has 6 aromatic rings. The standard InChI is InChI=1S/C26H25GeN2/c1-16-12-13-17-8-6-11-21-23(17)22(16)26-25-19(14-15-28(26)5)18-9-7-10-20(27(2,3)4)24(18)29(21)25/h6-15H,1-5H3/q+1. The molecule has 0 saturated heterocycles. The first-order valence-electron chi connectivity index (χ1n) is 10.4. The van der Waals surface area contributed by atoms with E-state index in [-0.39, 0.29) is 0 Å². The Morgan fingerprint density at radius 1 is 0.793 bits per heavy atom. The number of rotatable bonds is 1. The van der Waals surface area contributed by atoms with Gasteiger partial charge in [0.2, 0.25) is 0 Å². The van der Waals surface area contributed by atoms with Gasteiger partial charge >= 0.3 is 173 Å². The van der Waals surface area contributed by atoms with Gasteiger partial charge in [-0.3, -0.25) is 0 Å².